The van der Waals surface area contributed by atoms with Crippen LogP contribution in [-0.2, 0) is 4.79 Å². The third-order valence-electron chi connectivity index (χ3n) is 3.19. The van der Waals surface area contributed by atoms with E-state index in [1.807, 2.05) is 0 Å². The van der Waals surface area contributed by atoms with Crippen molar-refractivity contribution in [1.29, 1.82) is 0 Å². The van der Waals surface area contributed by atoms with Crippen LogP contribution in [0.1, 0.15) is 23.2 Å². The highest BCUT2D eigenvalue weighted by Gasteiger charge is 2.34. The number of nitro groups is 1. The Labute approximate surface area is 112 Å². The van der Waals surface area contributed by atoms with Crippen molar-refractivity contribution in [3.8, 4) is 0 Å². The molecule has 0 saturated carbocycles. The quantitative estimate of drug-likeness (QED) is 0.667. The molecular weight excluding hydrogens is 271 g/mol. The Morgan fingerprint density at radius 2 is 2.15 bits per heavy atom. The lowest BCUT2D eigenvalue weighted by Crippen LogP contribution is -2.40. The van der Waals surface area contributed by atoms with E-state index in [1.165, 1.54) is 0 Å². The summed E-state index contributed by atoms with van der Waals surface area (Å²) in [5.41, 5.74) is -0.820. The van der Waals surface area contributed by atoms with Crippen molar-refractivity contribution in [3.05, 3.63) is 39.7 Å². The molecule has 0 bridgehead atoms. The second kappa shape index (κ2) is 5.24. The molecule has 0 aromatic heterocycles. The summed E-state index contributed by atoms with van der Waals surface area (Å²) in [5, 5.41) is 19.5. The molecule has 20 heavy (non-hydrogen) atoms. The highest BCUT2D eigenvalue weighted by Crippen LogP contribution is 2.23. The highest BCUT2D eigenvalue weighted by molar-refractivity contribution is 5.97. The van der Waals surface area contributed by atoms with E-state index >= 15 is 0 Å². The number of carbonyl (C=O) groups is 2. The van der Waals surface area contributed by atoms with Gasteiger partial charge in [0.25, 0.3) is 5.91 Å². The van der Waals surface area contributed by atoms with E-state index < -0.39 is 34.3 Å². The van der Waals surface area contributed by atoms with Crippen LogP contribution in [0, 0.1) is 15.9 Å². The normalized spacial score (nSPS) is 18.1. The van der Waals surface area contributed by atoms with E-state index in [0.717, 1.165) is 23.1 Å². The average molecular weight is 282 g/mol. The molecule has 0 spiro atoms. The zero-order chi connectivity index (χ0) is 14.9. The Hall–Kier alpha value is -2.51. The van der Waals surface area contributed by atoms with Gasteiger partial charge in [0.15, 0.2) is 0 Å². The minimum atomic E-state index is -1.12. The fourth-order valence-corrected chi connectivity index (χ4v) is 2.22. The summed E-state index contributed by atoms with van der Waals surface area (Å²) in [6.45, 7) is 0.272. The van der Waals surface area contributed by atoms with E-state index in [2.05, 4.69) is 0 Å². The predicted molar refractivity (Wildman–Crippen MR) is 64.7 cm³/mol. The van der Waals surface area contributed by atoms with Crippen LogP contribution in [0.5, 0.6) is 0 Å². The largest absolute Gasteiger partial charge is 0.480 e. The van der Waals surface area contributed by atoms with E-state index in [9.17, 15) is 24.1 Å². The van der Waals surface area contributed by atoms with E-state index in [1.54, 1.807) is 0 Å². The number of carbonyl (C=O) groups excluding carboxylic acids is 1. The van der Waals surface area contributed by atoms with Crippen molar-refractivity contribution in [2.45, 2.75) is 18.9 Å². The number of halogens is 1. The monoisotopic (exact) mass is 282 g/mol. The molecule has 106 valence electrons. The van der Waals surface area contributed by atoms with Crippen LogP contribution in [0.15, 0.2) is 18.2 Å². The maximum Gasteiger partial charge on any atom is 0.326 e. The summed E-state index contributed by atoms with van der Waals surface area (Å²) >= 11 is 0. The van der Waals surface area contributed by atoms with E-state index in [4.69, 9.17) is 5.11 Å². The number of hydrogen-bond donors (Lipinski definition) is 1. The van der Waals surface area contributed by atoms with Gasteiger partial charge in [0.2, 0.25) is 5.82 Å². The van der Waals surface area contributed by atoms with Gasteiger partial charge in [0.05, 0.1) is 4.92 Å². The fourth-order valence-electron chi connectivity index (χ4n) is 2.22. The number of aliphatic carboxylic acids is 1. The summed E-state index contributed by atoms with van der Waals surface area (Å²) < 4.78 is 13.5. The molecule has 1 heterocycles. The van der Waals surface area contributed by atoms with Crippen molar-refractivity contribution in [1.82, 2.24) is 4.90 Å². The van der Waals surface area contributed by atoms with Crippen molar-refractivity contribution in [2.24, 2.45) is 0 Å². The van der Waals surface area contributed by atoms with E-state index in [-0.39, 0.29) is 12.1 Å². The summed E-state index contributed by atoms with van der Waals surface area (Å²) in [6.07, 6.45) is 0.898. The molecular formula is C12H11FN2O5. The lowest BCUT2D eigenvalue weighted by atomic mass is 10.1. The topological polar surface area (TPSA) is 101 Å². The van der Waals surface area contributed by atoms with Crippen LogP contribution >= 0.6 is 0 Å². The number of likely N-dealkylation sites (tertiary alicyclic amines) is 1. The Bertz CT molecular complexity index is 589. The first-order valence-electron chi connectivity index (χ1n) is 5.89. The molecule has 1 aromatic rings. The van der Waals surface area contributed by atoms with Gasteiger partial charge in [0.1, 0.15) is 6.04 Å². The standard InChI is InChI=1S/C12H11FN2O5/c13-8-6-7(3-4-9(8)15(19)20)11(16)14-5-1-2-10(14)12(17)18/h3-4,6,10H,1-2,5H2,(H,17,18)/t10-/m1/s1. The molecule has 1 aromatic carbocycles. The van der Waals surface area contributed by atoms with Crippen LogP contribution < -0.4 is 0 Å². The summed E-state index contributed by atoms with van der Waals surface area (Å²) in [5.74, 6) is -2.87. The minimum absolute atomic E-state index is 0.0961. The molecule has 0 aliphatic carbocycles. The lowest BCUT2D eigenvalue weighted by Gasteiger charge is -2.21. The van der Waals surface area contributed by atoms with Crippen LogP contribution in [0.25, 0.3) is 0 Å². The molecule has 1 atom stereocenters. The number of amides is 1. The van der Waals surface area contributed by atoms with Crippen LogP contribution in [-0.4, -0.2) is 39.4 Å². The van der Waals surface area contributed by atoms with Crippen molar-refractivity contribution in [3.63, 3.8) is 0 Å². The first kappa shape index (κ1) is 13.9. The van der Waals surface area contributed by atoms with Crippen molar-refractivity contribution >= 4 is 17.6 Å². The molecule has 1 N–H and O–H groups in total. The maximum absolute atomic E-state index is 13.5. The van der Waals surface area contributed by atoms with Gasteiger partial charge in [0, 0.05) is 18.2 Å². The van der Waals surface area contributed by atoms with Crippen LogP contribution in [0.2, 0.25) is 0 Å². The van der Waals surface area contributed by atoms with Gasteiger partial charge < -0.3 is 10.0 Å². The average Bonchev–Trinajstić information content (AvgIpc) is 2.86. The molecule has 1 saturated heterocycles. The molecule has 0 radical (unpaired) electrons. The molecule has 1 aliphatic heterocycles. The summed E-state index contributed by atoms with van der Waals surface area (Å²) in [7, 11) is 0. The lowest BCUT2D eigenvalue weighted by molar-refractivity contribution is -0.387. The molecule has 7 nitrogen and oxygen atoms in total. The van der Waals surface area contributed by atoms with E-state index in [0.29, 0.717) is 12.8 Å². The second-order valence-electron chi connectivity index (χ2n) is 4.42. The number of nitro benzene ring substituents is 1. The molecule has 2 rings (SSSR count). The smallest absolute Gasteiger partial charge is 0.326 e. The second-order valence-corrected chi connectivity index (χ2v) is 4.42. The number of carboxylic acids is 1. The van der Waals surface area contributed by atoms with Gasteiger partial charge in [-0.05, 0) is 25.0 Å². The zero-order valence-corrected chi connectivity index (χ0v) is 10.3. The number of rotatable bonds is 3. The number of nitrogens with zero attached hydrogens (tertiary/aromatic N) is 2. The Kier molecular flexibility index (Phi) is 3.64. The molecule has 8 heteroatoms. The summed E-state index contributed by atoms with van der Waals surface area (Å²) in [4.78, 5) is 33.9. The predicted octanol–water partition coefficient (Wildman–Crippen LogP) is 1.42. The zero-order valence-electron chi connectivity index (χ0n) is 10.3. The highest BCUT2D eigenvalue weighted by atomic mass is 19.1. The van der Waals surface area contributed by atoms with Gasteiger partial charge in [-0.25, -0.2) is 4.79 Å². The van der Waals surface area contributed by atoms with Gasteiger partial charge in [-0.1, -0.05) is 0 Å². The number of carboxylic acid groups (broad SMARTS) is 1. The van der Waals surface area contributed by atoms with Gasteiger partial charge in [-0.3, -0.25) is 14.9 Å². The van der Waals surface area contributed by atoms with Crippen molar-refractivity contribution in [2.75, 3.05) is 6.54 Å². The molecule has 1 aliphatic rings. The Balaban J connectivity index is 2.27. The van der Waals surface area contributed by atoms with Crippen molar-refractivity contribution < 1.29 is 24.0 Å². The molecule has 0 unspecified atom stereocenters. The minimum Gasteiger partial charge on any atom is -0.480 e. The summed E-state index contributed by atoms with van der Waals surface area (Å²) in [6, 6.07) is 1.85. The molecule has 1 fully saturated rings. The Morgan fingerprint density at radius 3 is 2.70 bits per heavy atom. The van der Waals surface area contributed by atoms with Gasteiger partial charge >= 0.3 is 11.7 Å². The third kappa shape index (κ3) is 2.44. The Morgan fingerprint density at radius 1 is 1.45 bits per heavy atom. The SMILES string of the molecule is O=C(O)[C@H]1CCCN1C(=O)c1ccc([N+](=O)[O-])c(F)c1. The van der Waals surface area contributed by atoms with Crippen LogP contribution in [0.3, 0.4) is 0 Å². The van der Waals surface area contributed by atoms with Gasteiger partial charge in [-0.15, -0.1) is 0 Å². The first-order chi connectivity index (χ1) is 9.41. The first-order valence-corrected chi connectivity index (χ1v) is 5.89. The number of benzene rings is 1. The number of hydrogen-bond acceptors (Lipinski definition) is 4. The van der Waals surface area contributed by atoms with Crippen LogP contribution in [0.4, 0.5) is 10.1 Å². The fraction of sp³-hybridized carbons (Fsp3) is 0.333. The molecule has 1 amide bonds. The third-order valence-corrected chi connectivity index (χ3v) is 3.19. The van der Waals surface area contributed by atoms with Gasteiger partial charge in [-0.2, -0.15) is 4.39 Å². The maximum atomic E-state index is 13.5.